The minimum absolute atomic E-state index is 0.0291. The van der Waals surface area contributed by atoms with E-state index >= 15 is 0 Å². The topological polar surface area (TPSA) is 81.5 Å². The van der Waals surface area contributed by atoms with E-state index in [-0.39, 0.29) is 35.6 Å². The molecule has 0 bridgehead atoms. The van der Waals surface area contributed by atoms with Crippen molar-refractivity contribution in [1.29, 1.82) is 0 Å². The molecule has 4 rings (SSSR count). The van der Waals surface area contributed by atoms with E-state index in [9.17, 15) is 26.4 Å². The third-order valence-corrected chi connectivity index (χ3v) is 7.68. The highest BCUT2D eigenvalue weighted by molar-refractivity contribution is 7.90. The van der Waals surface area contributed by atoms with Crippen LogP contribution in [0, 0.1) is 0 Å². The minimum atomic E-state index is -4.57. The molecule has 0 spiro atoms. The number of aromatic nitrogens is 2. The summed E-state index contributed by atoms with van der Waals surface area (Å²) >= 11 is 0. The molecule has 1 saturated carbocycles. The smallest absolute Gasteiger partial charge is 0.383 e. The Balaban J connectivity index is 1.59. The van der Waals surface area contributed by atoms with Gasteiger partial charge in [-0.2, -0.15) is 13.2 Å². The molecule has 2 aromatic carbocycles. The van der Waals surface area contributed by atoms with Crippen molar-refractivity contribution in [3.63, 3.8) is 0 Å². The van der Waals surface area contributed by atoms with Crippen LogP contribution >= 0.6 is 0 Å². The molecule has 37 heavy (non-hydrogen) atoms. The van der Waals surface area contributed by atoms with Gasteiger partial charge in [-0.15, -0.1) is 0 Å². The van der Waals surface area contributed by atoms with Gasteiger partial charge in [0.1, 0.15) is 0 Å². The lowest BCUT2D eigenvalue weighted by atomic mass is 10.1. The predicted octanol–water partition coefficient (Wildman–Crippen LogP) is 4.43. The van der Waals surface area contributed by atoms with Crippen molar-refractivity contribution in [2.24, 2.45) is 0 Å². The number of benzene rings is 2. The molecule has 198 valence electrons. The molecule has 0 atom stereocenters. The van der Waals surface area contributed by atoms with Gasteiger partial charge in [-0.05, 0) is 30.0 Å². The van der Waals surface area contributed by atoms with E-state index in [1.165, 1.54) is 25.4 Å². The number of alkyl halides is 3. The zero-order valence-electron chi connectivity index (χ0n) is 20.3. The zero-order chi connectivity index (χ0) is 26.6. The quantitative estimate of drug-likeness (QED) is 0.363. The van der Waals surface area contributed by atoms with Gasteiger partial charge in [0.2, 0.25) is 20.9 Å². The van der Waals surface area contributed by atoms with Crippen molar-refractivity contribution < 1.29 is 31.1 Å². The monoisotopic (exact) mass is 535 g/mol. The summed E-state index contributed by atoms with van der Waals surface area (Å²) in [6, 6.07) is 13.5. The number of ether oxygens (including phenoxy) is 1. The SMILES string of the molecule is COCCN(Cc1cnc(S(=O)(=O)Cc2cccc(C(F)(F)F)c2)n1C1CC1)C(=O)Cc1ccccc1. The molecular formula is C26H28F3N3O4S. The normalized spacial score (nSPS) is 14.1. The van der Waals surface area contributed by atoms with Crippen LogP contribution in [0.15, 0.2) is 66.0 Å². The second-order valence-electron chi connectivity index (χ2n) is 9.06. The molecule has 1 aliphatic rings. The second kappa shape index (κ2) is 11.1. The van der Waals surface area contributed by atoms with Crippen molar-refractivity contribution in [3.8, 4) is 0 Å². The second-order valence-corrected chi connectivity index (χ2v) is 10.9. The lowest BCUT2D eigenvalue weighted by Gasteiger charge is -2.23. The van der Waals surface area contributed by atoms with Crippen molar-refractivity contribution in [1.82, 2.24) is 14.5 Å². The highest BCUT2D eigenvalue weighted by atomic mass is 32.2. The largest absolute Gasteiger partial charge is 0.416 e. The fourth-order valence-electron chi connectivity index (χ4n) is 4.14. The zero-order valence-corrected chi connectivity index (χ0v) is 21.1. The maximum Gasteiger partial charge on any atom is 0.416 e. The molecule has 0 radical (unpaired) electrons. The van der Waals surface area contributed by atoms with Crippen molar-refractivity contribution in [3.05, 3.63) is 83.2 Å². The summed E-state index contributed by atoms with van der Waals surface area (Å²) in [4.78, 5) is 18.9. The van der Waals surface area contributed by atoms with Gasteiger partial charge in [0, 0.05) is 19.7 Å². The van der Waals surface area contributed by atoms with Gasteiger partial charge in [0.25, 0.3) is 0 Å². The van der Waals surface area contributed by atoms with Gasteiger partial charge in [0.05, 0.1) is 42.8 Å². The maximum atomic E-state index is 13.3. The molecule has 0 aliphatic heterocycles. The Labute approximate surface area is 213 Å². The van der Waals surface area contributed by atoms with E-state index in [0.717, 1.165) is 30.5 Å². The molecule has 7 nitrogen and oxygen atoms in total. The Kier molecular flexibility index (Phi) is 8.03. The van der Waals surface area contributed by atoms with Crippen molar-refractivity contribution >= 4 is 15.7 Å². The van der Waals surface area contributed by atoms with Gasteiger partial charge >= 0.3 is 6.18 Å². The van der Waals surface area contributed by atoms with Crippen LogP contribution in [0.1, 0.15) is 41.3 Å². The van der Waals surface area contributed by atoms with Gasteiger partial charge in [-0.3, -0.25) is 4.79 Å². The van der Waals surface area contributed by atoms with Gasteiger partial charge < -0.3 is 14.2 Å². The number of amides is 1. The fraction of sp³-hybridized carbons (Fsp3) is 0.385. The number of hydrogen-bond acceptors (Lipinski definition) is 5. The lowest BCUT2D eigenvalue weighted by Crippen LogP contribution is -2.35. The highest BCUT2D eigenvalue weighted by Crippen LogP contribution is 2.39. The number of nitrogens with zero attached hydrogens (tertiary/aromatic N) is 3. The lowest BCUT2D eigenvalue weighted by molar-refractivity contribution is -0.137. The van der Waals surface area contributed by atoms with Gasteiger partial charge in [-0.1, -0.05) is 48.5 Å². The molecule has 1 fully saturated rings. The maximum absolute atomic E-state index is 13.3. The van der Waals surface area contributed by atoms with Crippen LogP contribution in [-0.2, 0) is 44.3 Å². The number of rotatable bonds is 11. The summed E-state index contributed by atoms with van der Waals surface area (Å²) in [5, 5.41) is -0.190. The van der Waals surface area contributed by atoms with Crippen LogP contribution < -0.4 is 0 Å². The van der Waals surface area contributed by atoms with E-state index in [1.54, 1.807) is 9.47 Å². The van der Waals surface area contributed by atoms with Crippen molar-refractivity contribution in [2.75, 3.05) is 20.3 Å². The van der Waals surface area contributed by atoms with Crippen LogP contribution in [0.5, 0.6) is 0 Å². The Hall–Kier alpha value is -3.18. The minimum Gasteiger partial charge on any atom is -0.383 e. The summed E-state index contributed by atoms with van der Waals surface area (Å²) in [6.45, 7) is 0.751. The first kappa shape index (κ1) is 26.9. The molecule has 11 heteroatoms. The third kappa shape index (κ3) is 6.78. The number of carbonyl (C=O) groups is 1. The molecule has 3 aromatic rings. The number of sulfone groups is 1. The van der Waals surface area contributed by atoms with E-state index in [0.29, 0.717) is 18.8 Å². The molecular weight excluding hydrogens is 507 g/mol. The van der Waals surface area contributed by atoms with Crippen LogP contribution in [0.25, 0.3) is 0 Å². The first-order valence-corrected chi connectivity index (χ1v) is 13.5. The molecule has 0 unspecified atom stereocenters. The van der Waals surface area contributed by atoms with Crippen molar-refractivity contribution in [2.45, 2.75) is 48.9 Å². The third-order valence-electron chi connectivity index (χ3n) is 6.11. The van der Waals surface area contributed by atoms with Crippen LogP contribution in [-0.4, -0.2) is 49.0 Å². The van der Waals surface area contributed by atoms with Crippen LogP contribution in [0.3, 0.4) is 0 Å². The van der Waals surface area contributed by atoms with E-state index in [4.69, 9.17) is 4.74 Å². The summed E-state index contributed by atoms with van der Waals surface area (Å²) in [5.74, 6) is -0.749. The summed E-state index contributed by atoms with van der Waals surface area (Å²) < 4.78 is 72.7. The predicted molar refractivity (Wildman–Crippen MR) is 130 cm³/mol. The average molecular weight is 536 g/mol. The number of imidazole rings is 1. The van der Waals surface area contributed by atoms with Crippen LogP contribution in [0.4, 0.5) is 13.2 Å². The van der Waals surface area contributed by atoms with Gasteiger partial charge in [-0.25, -0.2) is 13.4 Å². The number of hydrogen-bond donors (Lipinski definition) is 0. The Morgan fingerprint density at radius 3 is 2.46 bits per heavy atom. The Morgan fingerprint density at radius 2 is 1.81 bits per heavy atom. The number of carbonyl (C=O) groups excluding carboxylic acids is 1. The van der Waals surface area contributed by atoms with Gasteiger partial charge in [0.15, 0.2) is 0 Å². The van der Waals surface area contributed by atoms with E-state index < -0.39 is 27.3 Å². The molecule has 0 N–H and O–H groups in total. The molecule has 1 amide bonds. The van der Waals surface area contributed by atoms with E-state index in [1.807, 2.05) is 30.3 Å². The Morgan fingerprint density at radius 1 is 1.11 bits per heavy atom. The highest BCUT2D eigenvalue weighted by Gasteiger charge is 2.35. The average Bonchev–Trinajstić information content (AvgIpc) is 3.60. The molecule has 0 saturated heterocycles. The molecule has 1 aliphatic carbocycles. The van der Waals surface area contributed by atoms with Crippen LogP contribution in [0.2, 0.25) is 0 Å². The fourth-order valence-corrected chi connectivity index (χ4v) is 5.67. The Bertz CT molecular complexity index is 1340. The molecule has 1 aromatic heterocycles. The standard InChI is InChI=1S/C26H28F3N3O4S/c1-36-13-12-31(24(33)15-19-6-3-2-4-7-19)17-23-16-30-25(32(23)22-10-11-22)37(34,35)18-20-8-5-9-21(14-20)26(27,28)29/h2-9,14,16,22H,10-13,15,17-18H2,1H3. The number of methoxy groups -OCH3 is 1. The van der Waals surface area contributed by atoms with E-state index in [2.05, 4.69) is 4.98 Å². The first-order chi connectivity index (χ1) is 17.6. The summed E-state index contributed by atoms with van der Waals surface area (Å²) in [7, 11) is -2.52. The summed E-state index contributed by atoms with van der Waals surface area (Å²) in [6.07, 6.45) is -1.44. The first-order valence-electron chi connectivity index (χ1n) is 11.8. The molecule has 1 heterocycles. The summed E-state index contributed by atoms with van der Waals surface area (Å²) in [5.41, 5.74) is 0.538. The number of halogens is 3.